The van der Waals surface area contributed by atoms with Gasteiger partial charge in [0.1, 0.15) is 5.82 Å². The standard InChI is InChI=1S/C42H41N5O4S/c1-26-8-4-6-10-34(26)45-40(49)36-23-30-16-19-47(35-11-7-5-9-32(35)37(30)52-36)41(50)29-12-14-31(15-13-29)44-39(48)33-22-27(2)28(3)43-38(33)46-24-42(25-46)17-20-51-21-18-42/h4-15,22-23H,16-21,24-25H2,1-3H3,(H,44,48)(H,45,49). The summed E-state index contributed by atoms with van der Waals surface area (Å²) in [5.74, 6) is 0.228. The average Bonchev–Trinajstić information content (AvgIpc) is 3.51. The van der Waals surface area contributed by atoms with Crippen LogP contribution in [0.4, 0.5) is 22.9 Å². The molecule has 0 atom stereocenters. The Morgan fingerprint density at radius 1 is 0.827 bits per heavy atom. The molecule has 10 heteroatoms. The number of carbonyl (C=O) groups excluding carboxylic acids is 3. The van der Waals surface area contributed by atoms with Crippen molar-refractivity contribution in [3.8, 4) is 10.4 Å². The SMILES string of the molecule is Cc1ccccc1NC(=O)c1cc2c(s1)-c1ccccc1N(C(=O)c1ccc(NC(=O)c3cc(C)c(C)nc3N3CC4(CCOCC4)C3)cc1)CC2. The Bertz CT molecular complexity index is 2200. The van der Waals surface area contributed by atoms with Crippen LogP contribution >= 0.6 is 11.3 Å². The number of thiophene rings is 1. The van der Waals surface area contributed by atoms with Crippen molar-refractivity contribution < 1.29 is 19.1 Å². The predicted octanol–water partition coefficient (Wildman–Crippen LogP) is 8.06. The topological polar surface area (TPSA) is 104 Å². The molecule has 0 unspecified atom stereocenters. The zero-order valence-electron chi connectivity index (χ0n) is 29.6. The van der Waals surface area contributed by atoms with Crippen LogP contribution in [0.2, 0.25) is 0 Å². The van der Waals surface area contributed by atoms with E-state index in [1.165, 1.54) is 11.3 Å². The van der Waals surface area contributed by atoms with E-state index in [0.717, 1.165) is 89.2 Å². The number of nitrogens with one attached hydrogen (secondary N) is 2. The number of fused-ring (bicyclic) bond motifs is 3. The monoisotopic (exact) mass is 711 g/mol. The van der Waals surface area contributed by atoms with Crippen molar-refractivity contribution in [1.82, 2.24) is 4.98 Å². The molecule has 3 aromatic carbocycles. The molecule has 8 rings (SSSR count). The van der Waals surface area contributed by atoms with Gasteiger partial charge in [-0.1, -0.05) is 36.4 Å². The normalized spacial score (nSPS) is 16.0. The maximum Gasteiger partial charge on any atom is 0.265 e. The van der Waals surface area contributed by atoms with Gasteiger partial charge in [-0.05, 0) is 105 Å². The number of aromatic nitrogens is 1. The third kappa shape index (κ3) is 6.37. The number of nitrogens with zero attached hydrogens (tertiary/aromatic N) is 3. The first-order valence-corrected chi connectivity index (χ1v) is 18.6. The lowest BCUT2D eigenvalue weighted by Crippen LogP contribution is -2.59. The van der Waals surface area contributed by atoms with Crippen molar-refractivity contribution in [2.24, 2.45) is 5.41 Å². The van der Waals surface area contributed by atoms with Crippen molar-refractivity contribution in [2.75, 3.05) is 53.3 Å². The minimum absolute atomic E-state index is 0.126. The van der Waals surface area contributed by atoms with Gasteiger partial charge in [-0.15, -0.1) is 11.3 Å². The summed E-state index contributed by atoms with van der Waals surface area (Å²) in [5.41, 5.74) is 8.37. The number of carbonyl (C=O) groups is 3. The van der Waals surface area contributed by atoms with E-state index >= 15 is 0 Å². The van der Waals surface area contributed by atoms with Crippen molar-refractivity contribution >= 4 is 51.9 Å². The van der Waals surface area contributed by atoms with Crippen LogP contribution in [0.25, 0.3) is 10.4 Å². The molecule has 0 bridgehead atoms. The lowest BCUT2D eigenvalue weighted by Gasteiger charge is -2.53. The second-order valence-corrected chi connectivity index (χ2v) is 15.3. The fourth-order valence-electron chi connectivity index (χ4n) is 7.50. The summed E-state index contributed by atoms with van der Waals surface area (Å²) in [6.45, 7) is 9.71. The summed E-state index contributed by atoms with van der Waals surface area (Å²) in [5, 5.41) is 6.10. The Morgan fingerprint density at radius 2 is 1.56 bits per heavy atom. The fraction of sp³-hybridized carbons (Fsp3) is 0.286. The summed E-state index contributed by atoms with van der Waals surface area (Å²) in [6.07, 6.45) is 2.68. The first-order valence-electron chi connectivity index (χ1n) is 17.8. The van der Waals surface area contributed by atoms with Gasteiger partial charge in [0.15, 0.2) is 0 Å². The second kappa shape index (κ2) is 13.7. The molecule has 0 saturated carbocycles. The Morgan fingerprint density at radius 3 is 2.33 bits per heavy atom. The summed E-state index contributed by atoms with van der Waals surface area (Å²) in [7, 11) is 0. The number of benzene rings is 3. The van der Waals surface area contributed by atoms with Crippen LogP contribution in [0.3, 0.4) is 0 Å². The molecule has 2 N–H and O–H groups in total. The molecule has 3 aliphatic heterocycles. The van der Waals surface area contributed by atoms with Crippen LogP contribution in [0.15, 0.2) is 84.9 Å². The van der Waals surface area contributed by atoms with Gasteiger partial charge in [0.2, 0.25) is 0 Å². The number of anilines is 4. The number of amides is 3. The summed E-state index contributed by atoms with van der Waals surface area (Å²) < 4.78 is 5.59. The molecule has 0 aliphatic carbocycles. The number of para-hydroxylation sites is 2. The zero-order valence-corrected chi connectivity index (χ0v) is 30.4. The highest BCUT2D eigenvalue weighted by Crippen LogP contribution is 2.44. The molecule has 9 nitrogen and oxygen atoms in total. The molecule has 2 fully saturated rings. The third-order valence-corrected chi connectivity index (χ3v) is 11.9. The Hall–Kier alpha value is -5.32. The van der Waals surface area contributed by atoms with E-state index < -0.39 is 0 Å². The van der Waals surface area contributed by atoms with Crippen molar-refractivity contribution in [3.05, 3.63) is 123 Å². The zero-order chi connectivity index (χ0) is 36.0. The van der Waals surface area contributed by atoms with Crippen molar-refractivity contribution in [2.45, 2.75) is 40.0 Å². The van der Waals surface area contributed by atoms with E-state index in [-0.39, 0.29) is 23.1 Å². The number of hydrogen-bond donors (Lipinski definition) is 2. The summed E-state index contributed by atoms with van der Waals surface area (Å²) in [4.78, 5) is 51.6. The molecule has 264 valence electrons. The molecule has 5 aromatic rings. The summed E-state index contributed by atoms with van der Waals surface area (Å²) >= 11 is 1.45. The van der Waals surface area contributed by atoms with E-state index in [4.69, 9.17) is 9.72 Å². The van der Waals surface area contributed by atoms with Crippen molar-refractivity contribution in [1.29, 1.82) is 0 Å². The highest BCUT2D eigenvalue weighted by Gasteiger charge is 2.45. The van der Waals surface area contributed by atoms with E-state index in [1.54, 1.807) is 24.3 Å². The van der Waals surface area contributed by atoms with E-state index in [1.807, 2.05) is 86.3 Å². The third-order valence-electron chi connectivity index (χ3n) is 10.7. The molecule has 2 aromatic heterocycles. The van der Waals surface area contributed by atoms with Gasteiger partial charge in [0.05, 0.1) is 16.1 Å². The lowest BCUT2D eigenvalue weighted by molar-refractivity contribution is -0.000520. The van der Waals surface area contributed by atoms with Gasteiger partial charge in [-0.25, -0.2) is 4.98 Å². The van der Waals surface area contributed by atoms with Gasteiger partial charge < -0.3 is 25.2 Å². The maximum atomic E-state index is 14.1. The van der Waals surface area contributed by atoms with Crippen LogP contribution in [-0.4, -0.2) is 55.6 Å². The second-order valence-electron chi connectivity index (χ2n) is 14.2. The number of hydrogen-bond acceptors (Lipinski definition) is 7. The molecule has 1 spiro atoms. The van der Waals surface area contributed by atoms with E-state index in [2.05, 4.69) is 15.5 Å². The minimum Gasteiger partial charge on any atom is -0.381 e. The Balaban J connectivity index is 0.981. The van der Waals surface area contributed by atoms with E-state index in [0.29, 0.717) is 34.7 Å². The van der Waals surface area contributed by atoms with Gasteiger partial charge in [0.25, 0.3) is 17.7 Å². The van der Waals surface area contributed by atoms with Crippen LogP contribution in [0.5, 0.6) is 0 Å². The predicted molar refractivity (Wildman–Crippen MR) is 207 cm³/mol. The van der Waals surface area contributed by atoms with Gasteiger partial charge in [-0.2, -0.15) is 0 Å². The van der Waals surface area contributed by atoms with Gasteiger partial charge in [-0.3, -0.25) is 14.4 Å². The number of rotatable bonds is 6. The number of aryl methyl sites for hydroxylation is 3. The van der Waals surface area contributed by atoms with E-state index in [9.17, 15) is 14.4 Å². The van der Waals surface area contributed by atoms with Crippen LogP contribution in [0, 0.1) is 26.2 Å². The molecular weight excluding hydrogens is 671 g/mol. The molecule has 0 radical (unpaired) electrons. The van der Waals surface area contributed by atoms with Crippen LogP contribution in [-0.2, 0) is 11.2 Å². The largest absolute Gasteiger partial charge is 0.381 e. The minimum atomic E-state index is -0.225. The summed E-state index contributed by atoms with van der Waals surface area (Å²) in [6, 6.07) is 26.6. The van der Waals surface area contributed by atoms with Gasteiger partial charge in [0, 0.05) is 71.3 Å². The fourth-order valence-corrected chi connectivity index (χ4v) is 8.64. The van der Waals surface area contributed by atoms with Gasteiger partial charge >= 0.3 is 0 Å². The molecule has 3 aliphatic rings. The highest BCUT2D eigenvalue weighted by atomic mass is 32.1. The average molecular weight is 712 g/mol. The number of ether oxygens (including phenoxy) is 1. The maximum absolute atomic E-state index is 14.1. The lowest BCUT2D eigenvalue weighted by atomic mass is 9.73. The molecule has 5 heterocycles. The first-order chi connectivity index (χ1) is 25.2. The van der Waals surface area contributed by atoms with Crippen LogP contribution < -0.4 is 20.4 Å². The Labute approximate surface area is 307 Å². The van der Waals surface area contributed by atoms with Crippen LogP contribution in [0.1, 0.15) is 65.6 Å². The highest BCUT2D eigenvalue weighted by molar-refractivity contribution is 7.17. The smallest absolute Gasteiger partial charge is 0.265 e. The first kappa shape index (κ1) is 33.8. The number of pyridine rings is 1. The molecule has 3 amide bonds. The molecule has 52 heavy (non-hydrogen) atoms. The molecular formula is C42H41N5O4S. The quantitative estimate of drug-likeness (QED) is 0.185. The Kier molecular flexibility index (Phi) is 8.89. The van der Waals surface area contributed by atoms with Crippen molar-refractivity contribution in [3.63, 3.8) is 0 Å². The molecule has 2 saturated heterocycles.